The van der Waals surface area contributed by atoms with Crippen molar-refractivity contribution in [1.82, 2.24) is 0 Å². The molecule has 0 aromatic rings. The molecule has 3 fully saturated rings. The first kappa shape index (κ1) is 25.7. The first-order valence-electron chi connectivity index (χ1n) is 14.0. The lowest BCUT2D eigenvalue weighted by Crippen LogP contribution is -2.58. The largest absolute Gasteiger partial charge is 0.392 e. The van der Waals surface area contributed by atoms with Crippen molar-refractivity contribution < 1.29 is 15.3 Å². The molecule has 190 valence electrons. The van der Waals surface area contributed by atoms with Gasteiger partial charge in [0.2, 0.25) is 0 Å². The highest BCUT2D eigenvalue weighted by Crippen LogP contribution is 2.69. The highest BCUT2D eigenvalue weighted by molar-refractivity contribution is 5.33. The third-order valence-electron chi connectivity index (χ3n) is 11.4. The van der Waals surface area contributed by atoms with Gasteiger partial charge >= 0.3 is 0 Å². The summed E-state index contributed by atoms with van der Waals surface area (Å²) in [4.78, 5) is 0. The second-order valence-corrected chi connectivity index (χ2v) is 14.3. The molecule has 0 amide bonds. The van der Waals surface area contributed by atoms with E-state index in [9.17, 15) is 15.3 Å². The molecule has 0 aliphatic heterocycles. The summed E-state index contributed by atoms with van der Waals surface area (Å²) in [7, 11) is 0. The van der Waals surface area contributed by atoms with Crippen molar-refractivity contribution in [3.63, 3.8) is 0 Å². The third kappa shape index (κ3) is 4.27. The fourth-order valence-electron chi connectivity index (χ4n) is 9.53. The molecule has 0 aromatic carbocycles. The summed E-state index contributed by atoms with van der Waals surface area (Å²) in [5, 5.41) is 32.3. The zero-order chi connectivity index (χ0) is 24.4. The molecule has 33 heavy (non-hydrogen) atoms. The van der Waals surface area contributed by atoms with Gasteiger partial charge in [-0.3, -0.25) is 0 Å². The van der Waals surface area contributed by atoms with Crippen LogP contribution in [0.5, 0.6) is 0 Å². The van der Waals surface area contributed by atoms with Gasteiger partial charge in [0, 0.05) is 5.41 Å². The molecule has 3 saturated carbocycles. The number of aliphatic hydroxyl groups excluding tert-OH is 2. The fraction of sp³-hybridized carbons (Fsp3) is 0.933. The standard InChI is InChI=1S/C30H52O3/c1-19(10-8-9-15-27(2,3)33)20-11-12-21-26-22(13-16-29(20,21)6)30(7)17-14-25(32)28(4,5)24(30)18-23(26)31/h18-23,25-26,31-33H,8-17H2,1-7H3/t19-,20-,21+,22+,23+,25+,26+,29-,30-/m1/s1. The van der Waals surface area contributed by atoms with Crippen LogP contribution < -0.4 is 0 Å². The SMILES string of the molecule is C[C@H](CCCCC(C)(C)O)[C@H]1CC[C@H]2[C@@H]3[C@@H](O)C=C4C(C)(C)[C@@H](O)CC[C@]4(C)[C@H]3CC[C@]12C. The summed E-state index contributed by atoms with van der Waals surface area (Å²) in [5.74, 6) is 2.99. The van der Waals surface area contributed by atoms with Gasteiger partial charge in [0.1, 0.15) is 0 Å². The van der Waals surface area contributed by atoms with E-state index in [1.807, 2.05) is 13.8 Å². The van der Waals surface area contributed by atoms with Gasteiger partial charge in [-0.05, 0) is 99.2 Å². The highest BCUT2D eigenvalue weighted by atomic mass is 16.3. The molecule has 0 radical (unpaired) electrons. The van der Waals surface area contributed by atoms with Crippen LogP contribution in [0, 0.1) is 45.8 Å². The van der Waals surface area contributed by atoms with Gasteiger partial charge in [-0.25, -0.2) is 0 Å². The Hall–Kier alpha value is -0.380. The number of hydrogen-bond acceptors (Lipinski definition) is 3. The van der Waals surface area contributed by atoms with E-state index >= 15 is 0 Å². The Balaban J connectivity index is 1.52. The number of fused-ring (bicyclic) bond motifs is 5. The molecule has 3 heteroatoms. The molecule has 3 N–H and O–H groups in total. The maximum atomic E-state index is 11.5. The summed E-state index contributed by atoms with van der Waals surface area (Å²) in [6.07, 6.45) is 13.0. The zero-order valence-electron chi connectivity index (χ0n) is 22.5. The van der Waals surface area contributed by atoms with Crippen LogP contribution in [0.1, 0.15) is 113 Å². The van der Waals surface area contributed by atoms with E-state index < -0.39 is 5.60 Å². The summed E-state index contributed by atoms with van der Waals surface area (Å²) < 4.78 is 0. The van der Waals surface area contributed by atoms with Gasteiger partial charge in [-0.1, -0.05) is 65.5 Å². The molecule has 0 heterocycles. The molecule has 0 unspecified atom stereocenters. The minimum atomic E-state index is -0.546. The Morgan fingerprint density at radius 3 is 2.33 bits per heavy atom. The lowest BCUT2D eigenvalue weighted by Gasteiger charge is -2.62. The van der Waals surface area contributed by atoms with Crippen LogP contribution >= 0.6 is 0 Å². The Labute approximate surface area is 203 Å². The molecule has 9 atom stereocenters. The molecule has 0 saturated heterocycles. The predicted molar refractivity (Wildman–Crippen MR) is 136 cm³/mol. The normalized spacial score (nSPS) is 45.6. The van der Waals surface area contributed by atoms with Crippen LogP contribution in [0.2, 0.25) is 0 Å². The van der Waals surface area contributed by atoms with E-state index in [1.165, 1.54) is 44.1 Å². The lowest BCUT2D eigenvalue weighted by molar-refractivity contribution is -0.111. The monoisotopic (exact) mass is 460 g/mol. The van der Waals surface area contributed by atoms with Crippen LogP contribution in [0.15, 0.2) is 11.6 Å². The zero-order valence-corrected chi connectivity index (χ0v) is 22.5. The Morgan fingerprint density at radius 2 is 1.67 bits per heavy atom. The van der Waals surface area contributed by atoms with E-state index in [2.05, 4.69) is 40.7 Å². The third-order valence-corrected chi connectivity index (χ3v) is 11.4. The quantitative estimate of drug-likeness (QED) is 0.313. The van der Waals surface area contributed by atoms with E-state index in [-0.39, 0.29) is 23.0 Å². The second kappa shape index (κ2) is 8.63. The maximum absolute atomic E-state index is 11.5. The van der Waals surface area contributed by atoms with E-state index in [4.69, 9.17) is 0 Å². The molecule has 0 spiro atoms. The number of unbranched alkanes of at least 4 members (excludes halogenated alkanes) is 1. The summed E-state index contributed by atoms with van der Waals surface area (Å²) in [6.45, 7) is 15.7. The van der Waals surface area contributed by atoms with Gasteiger partial charge in [0.15, 0.2) is 0 Å². The first-order valence-corrected chi connectivity index (χ1v) is 14.0. The Kier molecular flexibility index (Phi) is 6.72. The first-order chi connectivity index (χ1) is 15.2. The molecule has 3 nitrogen and oxygen atoms in total. The Bertz CT molecular complexity index is 748. The van der Waals surface area contributed by atoms with Crippen molar-refractivity contribution in [2.24, 2.45) is 45.8 Å². The molecular weight excluding hydrogens is 408 g/mol. The summed E-state index contributed by atoms with van der Waals surface area (Å²) >= 11 is 0. The Morgan fingerprint density at radius 1 is 0.970 bits per heavy atom. The summed E-state index contributed by atoms with van der Waals surface area (Å²) in [5.41, 5.74) is 1.00. The molecule has 0 aromatic heterocycles. The van der Waals surface area contributed by atoms with E-state index in [1.54, 1.807) is 0 Å². The summed E-state index contributed by atoms with van der Waals surface area (Å²) in [6, 6.07) is 0. The van der Waals surface area contributed by atoms with Crippen molar-refractivity contribution in [2.45, 2.75) is 130 Å². The molecule has 4 rings (SSSR count). The van der Waals surface area contributed by atoms with E-state index in [0.717, 1.165) is 31.6 Å². The van der Waals surface area contributed by atoms with Crippen LogP contribution in [0.4, 0.5) is 0 Å². The topological polar surface area (TPSA) is 60.7 Å². The van der Waals surface area contributed by atoms with Crippen molar-refractivity contribution in [3.05, 3.63) is 11.6 Å². The van der Waals surface area contributed by atoms with Gasteiger partial charge in [-0.2, -0.15) is 0 Å². The lowest BCUT2D eigenvalue weighted by atomic mass is 9.43. The minimum absolute atomic E-state index is 0.120. The van der Waals surface area contributed by atoms with Gasteiger partial charge in [0.05, 0.1) is 17.8 Å². The molecule has 4 aliphatic carbocycles. The number of aliphatic hydroxyl groups is 3. The molecule has 0 bridgehead atoms. The van der Waals surface area contributed by atoms with Crippen LogP contribution in [-0.4, -0.2) is 33.1 Å². The average Bonchev–Trinajstić information content (AvgIpc) is 3.07. The van der Waals surface area contributed by atoms with Crippen molar-refractivity contribution in [3.8, 4) is 0 Å². The van der Waals surface area contributed by atoms with Crippen molar-refractivity contribution in [1.29, 1.82) is 0 Å². The van der Waals surface area contributed by atoms with E-state index in [0.29, 0.717) is 29.1 Å². The van der Waals surface area contributed by atoms with Crippen LogP contribution in [0.25, 0.3) is 0 Å². The van der Waals surface area contributed by atoms with Crippen LogP contribution in [0.3, 0.4) is 0 Å². The van der Waals surface area contributed by atoms with Gasteiger partial charge < -0.3 is 15.3 Å². The fourth-order valence-corrected chi connectivity index (χ4v) is 9.53. The minimum Gasteiger partial charge on any atom is -0.392 e. The van der Waals surface area contributed by atoms with Crippen molar-refractivity contribution in [2.75, 3.05) is 0 Å². The number of rotatable bonds is 6. The highest BCUT2D eigenvalue weighted by Gasteiger charge is 2.63. The number of hydrogen-bond donors (Lipinski definition) is 3. The van der Waals surface area contributed by atoms with Crippen LogP contribution in [-0.2, 0) is 0 Å². The predicted octanol–water partition coefficient (Wildman–Crippen LogP) is 6.50. The van der Waals surface area contributed by atoms with Gasteiger partial charge in [-0.15, -0.1) is 0 Å². The molecule has 4 aliphatic rings. The maximum Gasteiger partial charge on any atom is 0.0757 e. The average molecular weight is 461 g/mol. The van der Waals surface area contributed by atoms with Crippen molar-refractivity contribution >= 4 is 0 Å². The molecular formula is C30H52O3. The second-order valence-electron chi connectivity index (χ2n) is 14.3. The smallest absolute Gasteiger partial charge is 0.0757 e. The van der Waals surface area contributed by atoms with Gasteiger partial charge in [0.25, 0.3) is 0 Å².